The van der Waals surface area contributed by atoms with Crippen LogP contribution in [0.2, 0.25) is 0 Å². The lowest BCUT2D eigenvalue weighted by molar-refractivity contribution is -0.314. The Bertz CT molecular complexity index is 425. The van der Waals surface area contributed by atoms with E-state index >= 15 is 0 Å². The molecule has 0 bridgehead atoms. The summed E-state index contributed by atoms with van der Waals surface area (Å²) in [6.07, 6.45) is -7.49. The number of hydrogen-bond donors (Lipinski definition) is 5. The Morgan fingerprint density at radius 3 is 2.24 bits per heavy atom. The second-order valence-electron chi connectivity index (χ2n) is 4.92. The number of aliphatic hydroxyl groups is 5. The van der Waals surface area contributed by atoms with Crippen LogP contribution < -0.4 is 0 Å². The van der Waals surface area contributed by atoms with Crippen molar-refractivity contribution in [2.24, 2.45) is 0 Å². The number of rotatable bonds is 5. The van der Waals surface area contributed by atoms with Gasteiger partial charge in [-0.3, -0.25) is 0 Å². The molecule has 0 saturated carbocycles. The zero-order valence-electron chi connectivity index (χ0n) is 11.3. The Balaban J connectivity index is 2.09. The van der Waals surface area contributed by atoms with Crippen LogP contribution in [0.4, 0.5) is 0 Å². The Morgan fingerprint density at radius 1 is 1.00 bits per heavy atom. The van der Waals surface area contributed by atoms with Gasteiger partial charge in [-0.25, -0.2) is 0 Å². The van der Waals surface area contributed by atoms with Gasteiger partial charge < -0.3 is 35.0 Å². The molecule has 2 rings (SSSR count). The lowest BCUT2D eigenvalue weighted by atomic mass is 9.99. The largest absolute Gasteiger partial charge is 0.394 e. The second kappa shape index (κ2) is 7.28. The van der Waals surface area contributed by atoms with E-state index in [1.165, 1.54) is 0 Å². The third-order valence-electron chi connectivity index (χ3n) is 3.48. The predicted molar refractivity (Wildman–Crippen MR) is 71.1 cm³/mol. The maximum absolute atomic E-state index is 9.89. The molecule has 1 heterocycles. The Labute approximate surface area is 122 Å². The van der Waals surface area contributed by atoms with Gasteiger partial charge >= 0.3 is 0 Å². The highest BCUT2D eigenvalue weighted by molar-refractivity contribution is 5.17. The second-order valence-corrected chi connectivity index (χ2v) is 4.92. The standard InChI is InChI=1S/C14H20O7/c15-6-9(8-4-2-1-3-5-8)20-14-13(19)12(18)11(17)10(7-16)21-14/h1-5,9-19H,6-7H2/t9-,10+,11+,12-,13+,14-/m0/s1. The highest BCUT2D eigenvalue weighted by atomic mass is 16.7. The highest BCUT2D eigenvalue weighted by Gasteiger charge is 2.44. The molecule has 1 aromatic rings. The molecule has 21 heavy (non-hydrogen) atoms. The highest BCUT2D eigenvalue weighted by Crippen LogP contribution is 2.27. The summed E-state index contributed by atoms with van der Waals surface area (Å²) in [4.78, 5) is 0. The molecule has 0 radical (unpaired) electrons. The first kappa shape index (κ1) is 16.3. The van der Waals surface area contributed by atoms with Gasteiger partial charge in [0.15, 0.2) is 6.29 Å². The van der Waals surface area contributed by atoms with E-state index in [4.69, 9.17) is 14.6 Å². The van der Waals surface area contributed by atoms with Crippen LogP contribution in [0, 0.1) is 0 Å². The van der Waals surface area contributed by atoms with Gasteiger partial charge in [0, 0.05) is 0 Å². The van der Waals surface area contributed by atoms with Gasteiger partial charge in [0.2, 0.25) is 0 Å². The number of ether oxygens (including phenoxy) is 2. The van der Waals surface area contributed by atoms with Crippen LogP contribution in [0.1, 0.15) is 11.7 Å². The number of aliphatic hydroxyl groups excluding tert-OH is 5. The van der Waals surface area contributed by atoms with E-state index in [1.54, 1.807) is 24.3 Å². The number of benzene rings is 1. The first-order valence-electron chi connectivity index (χ1n) is 6.70. The summed E-state index contributed by atoms with van der Waals surface area (Å²) in [5, 5.41) is 47.8. The van der Waals surface area contributed by atoms with E-state index < -0.39 is 43.4 Å². The minimum absolute atomic E-state index is 0.348. The SMILES string of the molecule is OC[C@H](O[C@H]1O[C@H](CO)[C@@H](O)[C@H](O)[C@H]1O)c1ccccc1. The van der Waals surface area contributed by atoms with Crippen molar-refractivity contribution in [3.05, 3.63) is 35.9 Å². The molecule has 0 amide bonds. The van der Waals surface area contributed by atoms with Crippen molar-refractivity contribution in [1.29, 1.82) is 0 Å². The van der Waals surface area contributed by atoms with Crippen molar-refractivity contribution in [1.82, 2.24) is 0 Å². The molecular formula is C14H20O7. The van der Waals surface area contributed by atoms with E-state index in [-0.39, 0.29) is 6.61 Å². The quantitative estimate of drug-likeness (QED) is 0.450. The van der Waals surface area contributed by atoms with Crippen LogP contribution in [0.5, 0.6) is 0 Å². The Hall–Kier alpha value is -1.06. The van der Waals surface area contributed by atoms with Gasteiger partial charge in [-0.05, 0) is 5.56 Å². The van der Waals surface area contributed by atoms with Crippen LogP contribution in [-0.2, 0) is 9.47 Å². The van der Waals surface area contributed by atoms with Gasteiger partial charge in [-0.15, -0.1) is 0 Å². The molecule has 7 heteroatoms. The summed E-state index contributed by atoms with van der Waals surface area (Å²) >= 11 is 0. The summed E-state index contributed by atoms with van der Waals surface area (Å²) in [5.41, 5.74) is 0.678. The molecule has 1 aliphatic rings. The van der Waals surface area contributed by atoms with Gasteiger partial charge in [0.05, 0.1) is 13.2 Å². The van der Waals surface area contributed by atoms with E-state index in [0.29, 0.717) is 5.56 Å². The predicted octanol–water partition coefficient (Wildman–Crippen LogP) is -1.46. The summed E-state index contributed by atoms with van der Waals surface area (Å²) in [5.74, 6) is 0. The summed E-state index contributed by atoms with van der Waals surface area (Å²) < 4.78 is 10.7. The molecule has 0 unspecified atom stereocenters. The summed E-state index contributed by atoms with van der Waals surface area (Å²) in [7, 11) is 0. The molecule has 0 aromatic heterocycles. The zero-order chi connectivity index (χ0) is 15.4. The zero-order valence-corrected chi connectivity index (χ0v) is 11.3. The van der Waals surface area contributed by atoms with Crippen LogP contribution in [0.25, 0.3) is 0 Å². The minimum Gasteiger partial charge on any atom is -0.394 e. The molecule has 1 saturated heterocycles. The van der Waals surface area contributed by atoms with Crippen molar-refractivity contribution in [2.75, 3.05) is 13.2 Å². The number of hydrogen-bond acceptors (Lipinski definition) is 7. The molecule has 1 aliphatic heterocycles. The van der Waals surface area contributed by atoms with Crippen LogP contribution >= 0.6 is 0 Å². The Kier molecular flexibility index (Phi) is 5.65. The third-order valence-corrected chi connectivity index (χ3v) is 3.48. The molecule has 0 spiro atoms. The third kappa shape index (κ3) is 3.58. The molecule has 1 fully saturated rings. The molecule has 118 valence electrons. The summed E-state index contributed by atoms with van der Waals surface area (Å²) in [6, 6.07) is 8.84. The fourth-order valence-corrected chi connectivity index (χ4v) is 2.24. The van der Waals surface area contributed by atoms with Gasteiger partial charge in [0.1, 0.15) is 30.5 Å². The van der Waals surface area contributed by atoms with Crippen LogP contribution in [-0.4, -0.2) is 69.5 Å². The average Bonchev–Trinajstić information content (AvgIpc) is 2.53. The molecule has 6 atom stereocenters. The first-order chi connectivity index (χ1) is 10.1. The van der Waals surface area contributed by atoms with Crippen molar-refractivity contribution in [3.8, 4) is 0 Å². The van der Waals surface area contributed by atoms with Crippen molar-refractivity contribution in [3.63, 3.8) is 0 Å². The van der Waals surface area contributed by atoms with Gasteiger partial charge in [-0.2, -0.15) is 0 Å². The summed E-state index contributed by atoms with van der Waals surface area (Å²) in [6.45, 7) is -0.876. The fraction of sp³-hybridized carbons (Fsp3) is 0.571. The van der Waals surface area contributed by atoms with Crippen molar-refractivity contribution in [2.45, 2.75) is 36.8 Å². The van der Waals surface area contributed by atoms with E-state index in [1.807, 2.05) is 6.07 Å². The maximum Gasteiger partial charge on any atom is 0.187 e. The average molecular weight is 300 g/mol. The molecule has 0 aliphatic carbocycles. The van der Waals surface area contributed by atoms with Crippen LogP contribution in [0.3, 0.4) is 0 Å². The van der Waals surface area contributed by atoms with E-state index in [2.05, 4.69) is 0 Å². The monoisotopic (exact) mass is 300 g/mol. The maximum atomic E-state index is 9.89. The van der Waals surface area contributed by atoms with E-state index in [9.17, 15) is 20.4 Å². The first-order valence-corrected chi connectivity index (χ1v) is 6.70. The van der Waals surface area contributed by atoms with E-state index in [0.717, 1.165) is 0 Å². The lowest BCUT2D eigenvalue weighted by Crippen LogP contribution is -2.59. The van der Waals surface area contributed by atoms with Crippen LogP contribution in [0.15, 0.2) is 30.3 Å². The normalized spacial score (nSPS) is 34.6. The smallest absolute Gasteiger partial charge is 0.187 e. The molecular weight excluding hydrogens is 280 g/mol. The topological polar surface area (TPSA) is 120 Å². The van der Waals surface area contributed by atoms with Crippen molar-refractivity contribution >= 4 is 0 Å². The Morgan fingerprint density at radius 2 is 1.67 bits per heavy atom. The fourth-order valence-electron chi connectivity index (χ4n) is 2.24. The lowest BCUT2D eigenvalue weighted by Gasteiger charge is -2.40. The van der Waals surface area contributed by atoms with Gasteiger partial charge in [0.25, 0.3) is 0 Å². The van der Waals surface area contributed by atoms with Gasteiger partial charge in [-0.1, -0.05) is 30.3 Å². The molecule has 7 nitrogen and oxygen atoms in total. The van der Waals surface area contributed by atoms with Crippen molar-refractivity contribution < 1.29 is 35.0 Å². The minimum atomic E-state index is -1.50. The molecule has 5 N–H and O–H groups in total. The molecule has 1 aromatic carbocycles.